The minimum atomic E-state index is -0.0488. The number of fused-ring (bicyclic) bond motifs is 1. The van der Waals surface area contributed by atoms with Crippen LogP contribution in [0.1, 0.15) is 17.5 Å². The SMILES string of the molecule is CN(C(=O)CCl)C1=Cc2ccccc2CC1. The molecule has 0 aliphatic heterocycles. The Morgan fingerprint density at radius 1 is 1.38 bits per heavy atom. The summed E-state index contributed by atoms with van der Waals surface area (Å²) in [5.74, 6) is -0.0116. The lowest BCUT2D eigenvalue weighted by Crippen LogP contribution is -2.28. The van der Waals surface area contributed by atoms with E-state index in [-0.39, 0.29) is 11.8 Å². The summed E-state index contributed by atoms with van der Waals surface area (Å²) in [5, 5.41) is 0. The predicted molar refractivity (Wildman–Crippen MR) is 66.2 cm³/mol. The zero-order chi connectivity index (χ0) is 11.5. The Morgan fingerprint density at radius 3 is 2.88 bits per heavy atom. The van der Waals surface area contributed by atoms with E-state index in [1.54, 1.807) is 11.9 Å². The molecule has 0 fully saturated rings. The maximum Gasteiger partial charge on any atom is 0.241 e. The summed E-state index contributed by atoms with van der Waals surface area (Å²) in [6, 6.07) is 8.27. The Bertz CT molecular complexity index is 439. The van der Waals surface area contributed by atoms with Crippen LogP contribution in [-0.4, -0.2) is 23.7 Å². The van der Waals surface area contributed by atoms with Crippen LogP contribution in [0.2, 0.25) is 0 Å². The highest BCUT2D eigenvalue weighted by molar-refractivity contribution is 6.27. The molecule has 16 heavy (non-hydrogen) atoms. The van der Waals surface area contributed by atoms with Crippen LogP contribution in [0, 0.1) is 0 Å². The molecule has 1 aromatic carbocycles. The fourth-order valence-corrected chi connectivity index (χ4v) is 2.11. The van der Waals surface area contributed by atoms with E-state index in [2.05, 4.69) is 18.2 Å². The molecule has 0 radical (unpaired) electrons. The predicted octanol–water partition coefficient (Wildman–Crippen LogP) is 2.67. The van der Waals surface area contributed by atoms with Crippen molar-refractivity contribution < 1.29 is 4.79 Å². The summed E-state index contributed by atoms with van der Waals surface area (Å²) < 4.78 is 0. The second-order valence-electron chi connectivity index (χ2n) is 3.92. The fraction of sp³-hybridized carbons (Fsp3) is 0.308. The number of hydrogen-bond donors (Lipinski definition) is 0. The summed E-state index contributed by atoms with van der Waals surface area (Å²) in [6.07, 6.45) is 3.96. The number of halogens is 1. The van der Waals surface area contributed by atoms with Gasteiger partial charge in [-0.3, -0.25) is 4.79 Å². The normalized spacial score (nSPS) is 14.0. The number of allylic oxidation sites excluding steroid dienone is 1. The van der Waals surface area contributed by atoms with Crippen LogP contribution in [0.5, 0.6) is 0 Å². The van der Waals surface area contributed by atoms with E-state index < -0.39 is 0 Å². The van der Waals surface area contributed by atoms with Gasteiger partial charge < -0.3 is 4.90 Å². The lowest BCUT2D eigenvalue weighted by atomic mass is 9.95. The van der Waals surface area contributed by atoms with Gasteiger partial charge in [-0.25, -0.2) is 0 Å². The summed E-state index contributed by atoms with van der Waals surface area (Å²) in [5.41, 5.74) is 3.60. The van der Waals surface area contributed by atoms with Crippen LogP contribution in [0.25, 0.3) is 6.08 Å². The average molecular weight is 236 g/mol. The van der Waals surface area contributed by atoms with Gasteiger partial charge in [0.1, 0.15) is 5.88 Å². The largest absolute Gasteiger partial charge is 0.318 e. The second kappa shape index (κ2) is 4.71. The van der Waals surface area contributed by atoms with E-state index in [1.165, 1.54) is 11.1 Å². The van der Waals surface area contributed by atoms with Gasteiger partial charge in [-0.1, -0.05) is 24.3 Å². The molecular formula is C13H14ClNO. The van der Waals surface area contributed by atoms with Crippen LogP contribution in [0.3, 0.4) is 0 Å². The highest BCUT2D eigenvalue weighted by atomic mass is 35.5. The number of hydrogen-bond acceptors (Lipinski definition) is 1. The van der Waals surface area contributed by atoms with Gasteiger partial charge in [-0.05, 0) is 30.0 Å². The van der Waals surface area contributed by atoms with Gasteiger partial charge in [0, 0.05) is 12.7 Å². The fourth-order valence-electron chi connectivity index (χ4n) is 1.93. The molecule has 0 bridgehead atoms. The van der Waals surface area contributed by atoms with Gasteiger partial charge in [-0.2, -0.15) is 0 Å². The smallest absolute Gasteiger partial charge is 0.241 e. The first kappa shape index (κ1) is 11.2. The topological polar surface area (TPSA) is 20.3 Å². The van der Waals surface area contributed by atoms with Gasteiger partial charge in [0.25, 0.3) is 0 Å². The molecule has 1 aliphatic carbocycles. The molecule has 1 aliphatic rings. The van der Waals surface area contributed by atoms with Crippen molar-refractivity contribution in [2.45, 2.75) is 12.8 Å². The molecule has 0 saturated carbocycles. The Labute approximate surface area is 101 Å². The zero-order valence-corrected chi connectivity index (χ0v) is 10.00. The number of nitrogens with zero attached hydrogens (tertiary/aromatic N) is 1. The maximum atomic E-state index is 11.5. The first-order valence-corrected chi connectivity index (χ1v) is 5.87. The van der Waals surface area contributed by atoms with E-state index in [0.29, 0.717) is 0 Å². The molecule has 0 saturated heterocycles. The summed E-state index contributed by atoms with van der Waals surface area (Å²) in [4.78, 5) is 13.1. The third-order valence-electron chi connectivity index (χ3n) is 2.95. The number of amides is 1. The van der Waals surface area contributed by atoms with Crippen molar-refractivity contribution in [2.24, 2.45) is 0 Å². The van der Waals surface area contributed by atoms with Crippen molar-refractivity contribution in [2.75, 3.05) is 12.9 Å². The molecule has 0 spiro atoms. The van der Waals surface area contributed by atoms with E-state index in [0.717, 1.165) is 18.5 Å². The molecule has 2 rings (SSSR count). The van der Waals surface area contributed by atoms with Gasteiger partial charge >= 0.3 is 0 Å². The first-order chi connectivity index (χ1) is 7.72. The summed E-state index contributed by atoms with van der Waals surface area (Å²) in [7, 11) is 1.78. The van der Waals surface area contributed by atoms with Crippen LogP contribution in [0.4, 0.5) is 0 Å². The van der Waals surface area contributed by atoms with Crippen molar-refractivity contribution >= 4 is 23.6 Å². The Kier molecular flexibility index (Phi) is 3.30. The second-order valence-corrected chi connectivity index (χ2v) is 4.19. The van der Waals surface area contributed by atoms with Crippen molar-refractivity contribution in [3.63, 3.8) is 0 Å². The first-order valence-electron chi connectivity index (χ1n) is 5.33. The Hall–Kier alpha value is -1.28. The average Bonchev–Trinajstić information content (AvgIpc) is 2.36. The molecule has 0 N–H and O–H groups in total. The standard InChI is InChI=1S/C13H14ClNO/c1-15(13(16)9-14)12-7-6-10-4-2-3-5-11(10)8-12/h2-5,8H,6-7,9H2,1H3. The van der Waals surface area contributed by atoms with Gasteiger partial charge in [-0.15, -0.1) is 11.6 Å². The molecule has 0 unspecified atom stereocenters. The molecule has 0 heterocycles. The lowest BCUT2D eigenvalue weighted by molar-refractivity contribution is -0.125. The van der Waals surface area contributed by atoms with Crippen molar-refractivity contribution in [3.05, 3.63) is 41.1 Å². The van der Waals surface area contributed by atoms with Crippen molar-refractivity contribution in [3.8, 4) is 0 Å². The van der Waals surface area contributed by atoms with E-state index in [1.807, 2.05) is 12.1 Å². The number of rotatable bonds is 2. The van der Waals surface area contributed by atoms with E-state index >= 15 is 0 Å². The third kappa shape index (κ3) is 2.12. The monoisotopic (exact) mass is 235 g/mol. The molecule has 1 aromatic rings. The Balaban J connectivity index is 2.27. The van der Waals surface area contributed by atoms with Gasteiger partial charge in [0.05, 0.1) is 0 Å². The van der Waals surface area contributed by atoms with Crippen molar-refractivity contribution in [1.29, 1.82) is 0 Å². The minimum Gasteiger partial charge on any atom is -0.318 e. The van der Waals surface area contributed by atoms with Crippen molar-refractivity contribution in [1.82, 2.24) is 4.90 Å². The summed E-state index contributed by atoms with van der Waals surface area (Å²) in [6.45, 7) is 0. The van der Waals surface area contributed by atoms with Crippen LogP contribution in [-0.2, 0) is 11.2 Å². The Morgan fingerprint density at radius 2 is 2.12 bits per heavy atom. The number of carbonyl (C=O) groups is 1. The quantitative estimate of drug-likeness (QED) is 0.722. The van der Waals surface area contributed by atoms with Gasteiger partial charge in [0.15, 0.2) is 0 Å². The van der Waals surface area contributed by atoms with Crippen LogP contribution in [0.15, 0.2) is 30.0 Å². The molecule has 0 aromatic heterocycles. The molecule has 3 heteroatoms. The zero-order valence-electron chi connectivity index (χ0n) is 9.24. The molecule has 84 valence electrons. The number of carbonyl (C=O) groups excluding carboxylic acids is 1. The number of benzene rings is 1. The molecule has 2 nitrogen and oxygen atoms in total. The molecule has 0 atom stereocenters. The van der Waals surface area contributed by atoms with E-state index in [4.69, 9.17) is 11.6 Å². The highest BCUT2D eigenvalue weighted by Gasteiger charge is 2.16. The minimum absolute atomic E-state index is 0.0372. The van der Waals surface area contributed by atoms with Gasteiger partial charge in [0.2, 0.25) is 5.91 Å². The molecular weight excluding hydrogens is 222 g/mol. The number of alkyl halides is 1. The summed E-state index contributed by atoms with van der Waals surface area (Å²) >= 11 is 5.55. The van der Waals surface area contributed by atoms with E-state index in [9.17, 15) is 4.79 Å². The van der Waals surface area contributed by atoms with Crippen LogP contribution < -0.4 is 0 Å². The van der Waals surface area contributed by atoms with Crippen LogP contribution >= 0.6 is 11.6 Å². The number of aryl methyl sites for hydroxylation is 1. The lowest BCUT2D eigenvalue weighted by Gasteiger charge is -2.24. The third-order valence-corrected chi connectivity index (χ3v) is 3.18. The molecule has 1 amide bonds. The maximum absolute atomic E-state index is 11.5. The highest BCUT2D eigenvalue weighted by Crippen LogP contribution is 2.25.